The van der Waals surface area contributed by atoms with Gasteiger partial charge in [0.25, 0.3) is 5.91 Å². The summed E-state index contributed by atoms with van der Waals surface area (Å²) < 4.78 is 10.4. The molecule has 3 aromatic rings. The molecule has 1 aliphatic rings. The molecule has 0 radical (unpaired) electrons. The fourth-order valence-corrected chi connectivity index (χ4v) is 4.08. The first-order chi connectivity index (χ1) is 17.8. The van der Waals surface area contributed by atoms with E-state index in [1.165, 1.54) is 7.11 Å². The van der Waals surface area contributed by atoms with Crippen LogP contribution < -0.4 is 15.0 Å². The Morgan fingerprint density at radius 3 is 2.30 bits per heavy atom. The summed E-state index contributed by atoms with van der Waals surface area (Å²) in [5.41, 5.74) is 3.88. The maximum atomic E-state index is 13.2. The Bertz CT molecular complexity index is 1410. The van der Waals surface area contributed by atoms with Crippen LogP contribution in [0.4, 0.5) is 11.4 Å². The van der Waals surface area contributed by atoms with E-state index in [0.717, 1.165) is 11.3 Å². The van der Waals surface area contributed by atoms with Crippen molar-refractivity contribution in [3.63, 3.8) is 0 Å². The Morgan fingerprint density at radius 1 is 0.973 bits per heavy atom. The van der Waals surface area contributed by atoms with Crippen LogP contribution in [0.1, 0.15) is 18.1 Å². The Balaban J connectivity index is 1.52. The molecule has 188 valence electrons. The van der Waals surface area contributed by atoms with Crippen molar-refractivity contribution >= 4 is 46.7 Å². The lowest BCUT2D eigenvalue weighted by atomic mass is 10.1. The van der Waals surface area contributed by atoms with Crippen LogP contribution in [0.5, 0.6) is 5.75 Å². The highest BCUT2D eigenvalue weighted by molar-refractivity contribution is 6.33. The second kappa shape index (κ2) is 11.1. The summed E-state index contributed by atoms with van der Waals surface area (Å²) in [4.78, 5) is 39.6. The molecular weight excluding hydrogens is 492 g/mol. The summed E-state index contributed by atoms with van der Waals surface area (Å²) in [5.74, 6) is -0.959. The van der Waals surface area contributed by atoms with Gasteiger partial charge in [-0.1, -0.05) is 53.6 Å². The largest absolute Gasteiger partial charge is 0.484 e. The van der Waals surface area contributed by atoms with Gasteiger partial charge >= 0.3 is 5.97 Å². The first-order valence-electron chi connectivity index (χ1n) is 11.5. The number of hydrogen-bond acceptors (Lipinski definition) is 6. The fraction of sp³-hybridized carbons (Fsp3) is 0.138. The van der Waals surface area contributed by atoms with Gasteiger partial charge in [-0.15, -0.1) is 0 Å². The number of anilines is 2. The molecule has 7 nitrogen and oxygen atoms in total. The lowest BCUT2D eigenvalue weighted by molar-refractivity contribution is -0.137. The van der Waals surface area contributed by atoms with E-state index < -0.39 is 11.8 Å². The highest BCUT2D eigenvalue weighted by Gasteiger charge is 2.38. The summed E-state index contributed by atoms with van der Waals surface area (Å²) in [6.07, 6.45) is 1.70. The van der Waals surface area contributed by atoms with E-state index in [1.54, 1.807) is 66.4 Å². The van der Waals surface area contributed by atoms with Crippen LogP contribution in [0.25, 0.3) is 6.08 Å². The van der Waals surface area contributed by atoms with Gasteiger partial charge in [0.2, 0.25) is 5.78 Å². The first kappa shape index (κ1) is 25.7. The highest BCUT2D eigenvalue weighted by Crippen LogP contribution is 2.36. The highest BCUT2D eigenvalue weighted by atomic mass is 35.5. The van der Waals surface area contributed by atoms with Crippen molar-refractivity contribution in [2.45, 2.75) is 13.8 Å². The number of allylic oxidation sites excluding steroid dienone is 2. The number of amides is 1. The quantitative estimate of drug-likeness (QED) is 0.252. The van der Waals surface area contributed by atoms with Gasteiger partial charge in [-0.2, -0.15) is 0 Å². The molecule has 0 aromatic heterocycles. The lowest BCUT2D eigenvalue weighted by Crippen LogP contribution is -2.20. The third kappa shape index (κ3) is 5.73. The number of Topliss-reactive ketones (excluding diaryl/α,β-unsaturated/α-hetero) is 1. The smallest absolute Gasteiger partial charge is 0.343 e. The van der Waals surface area contributed by atoms with Crippen LogP contribution in [-0.4, -0.2) is 31.4 Å². The van der Waals surface area contributed by atoms with Gasteiger partial charge in [-0.3, -0.25) is 9.59 Å². The topological polar surface area (TPSA) is 84.9 Å². The molecule has 0 aliphatic carbocycles. The van der Waals surface area contributed by atoms with Gasteiger partial charge in [0.05, 0.1) is 23.5 Å². The van der Waals surface area contributed by atoms with Crippen molar-refractivity contribution in [2.24, 2.45) is 0 Å². The van der Waals surface area contributed by atoms with Crippen LogP contribution in [-0.2, 0) is 19.1 Å². The first-order valence-corrected chi connectivity index (χ1v) is 11.9. The van der Waals surface area contributed by atoms with E-state index >= 15 is 0 Å². The minimum Gasteiger partial charge on any atom is -0.484 e. The number of methoxy groups -OCH3 is 1. The number of ketones is 1. The number of para-hydroxylation sites is 1. The fourth-order valence-electron chi connectivity index (χ4n) is 3.90. The van der Waals surface area contributed by atoms with Crippen molar-refractivity contribution in [3.05, 3.63) is 106 Å². The van der Waals surface area contributed by atoms with E-state index in [4.69, 9.17) is 21.1 Å². The average Bonchev–Trinajstić information content (AvgIpc) is 3.14. The van der Waals surface area contributed by atoms with E-state index in [1.807, 2.05) is 31.2 Å². The number of esters is 1. The van der Waals surface area contributed by atoms with Crippen LogP contribution >= 0.6 is 11.6 Å². The van der Waals surface area contributed by atoms with E-state index in [0.29, 0.717) is 33.4 Å². The molecule has 0 spiro atoms. The molecular formula is C29H25ClN2O5. The number of ether oxygens (including phenoxy) is 2. The van der Waals surface area contributed by atoms with Crippen LogP contribution in [0, 0.1) is 6.92 Å². The third-order valence-corrected chi connectivity index (χ3v) is 6.11. The van der Waals surface area contributed by atoms with Gasteiger partial charge in [0.1, 0.15) is 11.3 Å². The summed E-state index contributed by atoms with van der Waals surface area (Å²) in [6, 6.07) is 21.5. The van der Waals surface area contributed by atoms with Crippen molar-refractivity contribution in [3.8, 4) is 5.75 Å². The molecule has 0 saturated carbocycles. The number of nitrogens with zero attached hydrogens (tertiary/aromatic N) is 1. The van der Waals surface area contributed by atoms with E-state index in [-0.39, 0.29) is 18.1 Å². The molecule has 0 atom stereocenters. The molecule has 0 fully saturated rings. The van der Waals surface area contributed by atoms with Crippen LogP contribution in [0.15, 0.2) is 89.8 Å². The summed E-state index contributed by atoms with van der Waals surface area (Å²) >= 11 is 6.07. The number of benzene rings is 3. The average molecular weight is 517 g/mol. The molecule has 1 aliphatic heterocycles. The van der Waals surface area contributed by atoms with Gasteiger partial charge in [-0.25, -0.2) is 4.79 Å². The Kier molecular flexibility index (Phi) is 7.74. The maximum absolute atomic E-state index is 13.2. The minimum absolute atomic E-state index is 0.00110. The predicted octanol–water partition coefficient (Wildman–Crippen LogP) is 5.54. The number of carbonyl (C=O) groups excluding carboxylic acids is 3. The molecule has 0 saturated heterocycles. The molecule has 37 heavy (non-hydrogen) atoms. The van der Waals surface area contributed by atoms with Gasteiger partial charge < -0.3 is 19.7 Å². The number of nitrogens with one attached hydrogen (secondary N) is 1. The zero-order chi connectivity index (χ0) is 26.5. The lowest BCUT2D eigenvalue weighted by Gasteiger charge is -2.21. The van der Waals surface area contributed by atoms with Crippen molar-refractivity contribution < 1.29 is 23.9 Å². The molecule has 1 heterocycles. The molecule has 0 unspecified atom stereocenters. The molecule has 1 amide bonds. The number of rotatable bonds is 7. The molecule has 0 bridgehead atoms. The van der Waals surface area contributed by atoms with Crippen LogP contribution in [0.2, 0.25) is 5.02 Å². The Morgan fingerprint density at radius 2 is 1.65 bits per heavy atom. The SMILES string of the molecule is COC(=O)C1=C(C)N(c2ccc(C)cc2)/C(=C\c2ccc(OCC(=O)Nc3ccccc3Cl)cc2)C1=O. The second-order valence-electron chi connectivity index (χ2n) is 8.37. The van der Waals surface area contributed by atoms with E-state index in [2.05, 4.69) is 5.32 Å². The Labute approximate surface area is 219 Å². The summed E-state index contributed by atoms with van der Waals surface area (Å²) in [6.45, 7) is 3.49. The van der Waals surface area contributed by atoms with Gasteiger partial charge in [0, 0.05) is 11.4 Å². The van der Waals surface area contributed by atoms with Crippen molar-refractivity contribution in [1.29, 1.82) is 0 Å². The minimum atomic E-state index is -0.679. The van der Waals surface area contributed by atoms with Gasteiger partial charge in [-0.05, 0) is 61.9 Å². The zero-order valence-electron chi connectivity index (χ0n) is 20.6. The number of aryl methyl sites for hydroxylation is 1. The molecule has 1 N–H and O–H groups in total. The third-order valence-electron chi connectivity index (χ3n) is 5.78. The maximum Gasteiger partial charge on any atom is 0.343 e. The summed E-state index contributed by atoms with van der Waals surface area (Å²) in [5, 5.41) is 3.14. The predicted molar refractivity (Wildman–Crippen MR) is 143 cm³/mol. The van der Waals surface area contributed by atoms with Crippen molar-refractivity contribution in [1.82, 2.24) is 0 Å². The number of halogens is 1. The van der Waals surface area contributed by atoms with Crippen molar-refractivity contribution in [2.75, 3.05) is 23.9 Å². The normalized spacial score (nSPS) is 14.2. The second-order valence-corrected chi connectivity index (χ2v) is 8.77. The standard InChI is InChI=1S/C29H25ClN2O5/c1-18-8-12-21(13-9-18)32-19(2)27(29(35)36-3)28(34)25(32)16-20-10-14-22(15-11-20)37-17-26(33)31-24-7-5-4-6-23(24)30/h4-16H,17H2,1-3H3,(H,31,33)/b25-16-. The number of carbonyl (C=O) groups is 3. The Hall–Kier alpha value is -4.36. The number of hydrogen-bond donors (Lipinski definition) is 1. The zero-order valence-corrected chi connectivity index (χ0v) is 21.3. The molecule has 3 aromatic carbocycles. The van der Waals surface area contributed by atoms with E-state index in [9.17, 15) is 14.4 Å². The monoisotopic (exact) mass is 516 g/mol. The van der Waals surface area contributed by atoms with Gasteiger partial charge in [0.15, 0.2) is 6.61 Å². The molecule has 4 rings (SSSR count). The molecule has 8 heteroatoms. The van der Waals surface area contributed by atoms with Crippen LogP contribution in [0.3, 0.4) is 0 Å². The summed E-state index contributed by atoms with van der Waals surface area (Å²) in [7, 11) is 1.25.